The molecule has 1 rings (SSSR count). The van der Waals surface area contributed by atoms with Crippen LogP contribution in [-0.4, -0.2) is 49.2 Å². The van der Waals surface area contributed by atoms with E-state index in [2.05, 4.69) is 24.3 Å². The maximum Gasteiger partial charge on any atom is 0.320 e. The molecule has 0 bridgehead atoms. The zero-order chi connectivity index (χ0) is 13.1. The van der Waals surface area contributed by atoms with Crippen LogP contribution in [0.5, 0.6) is 0 Å². The lowest BCUT2D eigenvalue weighted by Gasteiger charge is -2.47. The Morgan fingerprint density at radius 2 is 1.94 bits per heavy atom. The van der Waals surface area contributed by atoms with Crippen LogP contribution in [0.25, 0.3) is 0 Å². The average Bonchev–Trinajstić information content (AvgIpc) is 2.05. The third kappa shape index (κ3) is 4.28. The van der Waals surface area contributed by atoms with E-state index in [0.29, 0.717) is 6.54 Å². The van der Waals surface area contributed by atoms with E-state index >= 15 is 0 Å². The summed E-state index contributed by atoms with van der Waals surface area (Å²) in [7, 11) is 4.21. The number of ether oxygens (including phenoxy) is 1. The summed E-state index contributed by atoms with van der Waals surface area (Å²) in [6.45, 7) is 6.82. The van der Waals surface area contributed by atoms with Crippen molar-refractivity contribution in [3.63, 3.8) is 0 Å². The monoisotopic (exact) mass is 242 g/mol. The van der Waals surface area contributed by atoms with Crippen LogP contribution in [0.15, 0.2) is 0 Å². The molecule has 1 N–H and O–H groups in total. The van der Waals surface area contributed by atoms with Crippen LogP contribution in [0.1, 0.15) is 40.0 Å². The zero-order valence-corrected chi connectivity index (χ0v) is 11.8. The number of hydrogen-bond acceptors (Lipinski definition) is 4. The van der Waals surface area contributed by atoms with Gasteiger partial charge in [0.05, 0.1) is 6.54 Å². The summed E-state index contributed by atoms with van der Waals surface area (Å²) >= 11 is 0. The van der Waals surface area contributed by atoms with Crippen molar-refractivity contribution in [3.8, 4) is 0 Å². The quantitative estimate of drug-likeness (QED) is 0.740. The van der Waals surface area contributed by atoms with E-state index in [4.69, 9.17) is 4.74 Å². The summed E-state index contributed by atoms with van der Waals surface area (Å²) < 4.78 is 5.25. The first-order chi connectivity index (χ1) is 7.75. The number of esters is 1. The van der Waals surface area contributed by atoms with Crippen molar-refractivity contribution >= 4 is 5.97 Å². The van der Waals surface area contributed by atoms with E-state index in [9.17, 15) is 4.79 Å². The SMILES string of the molecule is CN(C)C1(CNCC(=O)OC(C)(C)C)CCC1. The number of rotatable bonds is 5. The van der Waals surface area contributed by atoms with Crippen molar-refractivity contribution < 1.29 is 9.53 Å². The Morgan fingerprint density at radius 3 is 2.29 bits per heavy atom. The maximum absolute atomic E-state index is 11.5. The molecule has 4 nitrogen and oxygen atoms in total. The second-order valence-corrected chi connectivity index (χ2v) is 6.16. The molecule has 1 fully saturated rings. The number of carbonyl (C=O) groups excluding carboxylic acids is 1. The van der Waals surface area contributed by atoms with Gasteiger partial charge in [-0.15, -0.1) is 0 Å². The third-order valence-corrected chi connectivity index (χ3v) is 3.38. The Bertz CT molecular complexity index is 265. The van der Waals surface area contributed by atoms with Crippen LogP contribution in [0.2, 0.25) is 0 Å². The lowest BCUT2D eigenvalue weighted by atomic mass is 9.75. The molecule has 0 aromatic heterocycles. The Labute approximate surface area is 105 Å². The van der Waals surface area contributed by atoms with Gasteiger partial charge in [-0.05, 0) is 54.1 Å². The van der Waals surface area contributed by atoms with Crippen LogP contribution < -0.4 is 5.32 Å². The fraction of sp³-hybridized carbons (Fsp3) is 0.923. The van der Waals surface area contributed by atoms with Gasteiger partial charge in [-0.1, -0.05) is 0 Å². The molecule has 17 heavy (non-hydrogen) atoms. The van der Waals surface area contributed by atoms with Crippen molar-refractivity contribution in [1.29, 1.82) is 0 Å². The van der Waals surface area contributed by atoms with Crippen molar-refractivity contribution in [1.82, 2.24) is 10.2 Å². The van der Waals surface area contributed by atoms with E-state index in [0.717, 1.165) is 6.54 Å². The van der Waals surface area contributed by atoms with Gasteiger partial charge in [-0.25, -0.2) is 0 Å². The molecule has 100 valence electrons. The predicted octanol–water partition coefficient (Wildman–Crippen LogP) is 1.40. The number of hydrogen-bond donors (Lipinski definition) is 1. The molecule has 1 aliphatic carbocycles. The maximum atomic E-state index is 11.5. The molecule has 0 aromatic carbocycles. The van der Waals surface area contributed by atoms with E-state index in [-0.39, 0.29) is 11.5 Å². The van der Waals surface area contributed by atoms with Crippen molar-refractivity contribution in [2.75, 3.05) is 27.2 Å². The highest BCUT2D eigenvalue weighted by Gasteiger charge is 2.38. The standard InChI is InChI=1S/C13H26N2O2/c1-12(2,3)17-11(16)9-14-10-13(15(4)5)7-6-8-13/h14H,6-10H2,1-5H3. The normalized spacial score (nSPS) is 18.9. The molecule has 0 atom stereocenters. The summed E-state index contributed by atoms with van der Waals surface area (Å²) in [4.78, 5) is 13.8. The Balaban J connectivity index is 2.26. The zero-order valence-electron chi connectivity index (χ0n) is 11.8. The van der Waals surface area contributed by atoms with Gasteiger partial charge in [0.2, 0.25) is 0 Å². The van der Waals surface area contributed by atoms with E-state index < -0.39 is 5.60 Å². The van der Waals surface area contributed by atoms with Gasteiger partial charge >= 0.3 is 5.97 Å². The van der Waals surface area contributed by atoms with Crippen molar-refractivity contribution in [2.24, 2.45) is 0 Å². The van der Waals surface area contributed by atoms with E-state index in [1.165, 1.54) is 19.3 Å². The molecule has 4 heteroatoms. The summed E-state index contributed by atoms with van der Waals surface area (Å²) in [6, 6.07) is 0. The first kappa shape index (κ1) is 14.5. The molecule has 0 aromatic rings. The Kier molecular flexibility index (Phi) is 4.55. The number of nitrogens with one attached hydrogen (secondary N) is 1. The molecule has 0 amide bonds. The van der Waals surface area contributed by atoms with Crippen LogP contribution in [0, 0.1) is 0 Å². The lowest BCUT2D eigenvalue weighted by molar-refractivity contribution is -0.153. The average molecular weight is 242 g/mol. The molecule has 0 unspecified atom stereocenters. The summed E-state index contributed by atoms with van der Waals surface area (Å²) in [5.41, 5.74) is -0.142. The molecule has 1 saturated carbocycles. The predicted molar refractivity (Wildman–Crippen MR) is 69.0 cm³/mol. The second-order valence-electron chi connectivity index (χ2n) is 6.16. The summed E-state index contributed by atoms with van der Waals surface area (Å²) in [5.74, 6) is -0.175. The highest BCUT2D eigenvalue weighted by molar-refractivity contribution is 5.72. The molecule has 1 aliphatic rings. The molecule has 0 aliphatic heterocycles. The fourth-order valence-corrected chi connectivity index (χ4v) is 2.14. The first-order valence-electron chi connectivity index (χ1n) is 6.35. The minimum atomic E-state index is -0.394. The minimum Gasteiger partial charge on any atom is -0.459 e. The van der Waals surface area contributed by atoms with Gasteiger partial charge in [0, 0.05) is 12.1 Å². The first-order valence-corrected chi connectivity index (χ1v) is 6.35. The molecule has 0 heterocycles. The topological polar surface area (TPSA) is 41.6 Å². The molecule has 0 spiro atoms. The number of carbonyl (C=O) groups is 1. The second kappa shape index (κ2) is 5.36. The smallest absolute Gasteiger partial charge is 0.320 e. The summed E-state index contributed by atoms with van der Waals surface area (Å²) in [6.07, 6.45) is 3.70. The van der Waals surface area contributed by atoms with Crippen LogP contribution >= 0.6 is 0 Å². The Hall–Kier alpha value is -0.610. The van der Waals surface area contributed by atoms with Gasteiger partial charge in [-0.3, -0.25) is 4.79 Å². The van der Waals surface area contributed by atoms with Gasteiger partial charge in [0.25, 0.3) is 0 Å². The highest BCUT2D eigenvalue weighted by atomic mass is 16.6. The third-order valence-electron chi connectivity index (χ3n) is 3.38. The van der Waals surface area contributed by atoms with Crippen molar-refractivity contribution in [2.45, 2.75) is 51.2 Å². The molecule has 0 saturated heterocycles. The van der Waals surface area contributed by atoms with Crippen LogP contribution in [0.3, 0.4) is 0 Å². The van der Waals surface area contributed by atoms with Gasteiger partial charge in [0.15, 0.2) is 0 Å². The van der Waals surface area contributed by atoms with Gasteiger partial charge < -0.3 is 15.0 Å². The highest BCUT2D eigenvalue weighted by Crippen LogP contribution is 2.35. The lowest BCUT2D eigenvalue weighted by Crippen LogP contribution is -2.57. The Morgan fingerprint density at radius 1 is 1.35 bits per heavy atom. The van der Waals surface area contributed by atoms with Gasteiger partial charge in [0.1, 0.15) is 5.60 Å². The minimum absolute atomic E-state index is 0.175. The summed E-state index contributed by atoms with van der Waals surface area (Å²) in [5, 5.41) is 3.22. The van der Waals surface area contributed by atoms with E-state index in [1.807, 2.05) is 20.8 Å². The van der Waals surface area contributed by atoms with Crippen molar-refractivity contribution in [3.05, 3.63) is 0 Å². The number of nitrogens with zero attached hydrogens (tertiary/aromatic N) is 1. The molecular weight excluding hydrogens is 216 g/mol. The van der Waals surface area contributed by atoms with Crippen LogP contribution in [0.4, 0.5) is 0 Å². The molecular formula is C13H26N2O2. The van der Waals surface area contributed by atoms with Crippen LogP contribution in [-0.2, 0) is 9.53 Å². The van der Waals surface area contributed by atoms with Gasteiger partial charge in [-0.2, -0.15) is 0 Å². The largest absolute Gasteiger partial charge is 0.459 e. The fourth-order valence-electron chi connectivity index (χ4n) is 2.14. The molecule has 0 radical (unpaired) electrons. The number of likely N-dealkylation sites (N-methyl/N-ethyl adjacent to an activating group) is 1. The van der Waals surface area contributed by atoms with E-state index in [1.54, 1.807) is 0 Å².